The van der Waals surface area contributed by atoms with Crippen LogP contribution in [0.4, 0.5) is 0 Å². The van der Waals surface area contributed by atoms with Gasteiger partial charge in [-0.15, -0.1) is 0 Å². The Bertz CT molecular complexity index is 682. The molecule has 2 aliphatic carbocycles. The summed E-state index contributed by atoms with van der Waals surface area (Å²) in [5, 5.41) is 0. The van der Waals surface area contributed by atoms with E-state index in [-0.39, 0.29) is 17.6 Å². The maximum absolute atomic E-state index is 12.2. The second-order valence-electron chi connectivity index (χ2n) is 6.07. The van der Waals surface area contributed by atoms with Gasteiger partial charge in [0.15, 0.2) is 5.78 Å². The lowest BCUT2D eigenvalue weighted by atomic mass is 9.83. The number of ether oxygens (including phenoxy) is 1. The van der Waals surface area contributed by atoms with Crippen molar-refractivity contribution in [3.63, 3.8) is 0 Å². The van der Waals surface area contributed by atoms with Gasteiger partial charge >= 0.3 is 0 Å². The highest BCUT2D eigenvalue weighted by Gasteiger charge is 2.40. The number of ketones is 2. The lowest BCUT2D eigenvalue weighted by molar-refractivity contribution is -0.123. The van der Waals surface area contributed by atoms with Gasteiger partial charge in [-0.05, 0) is 36.1 Å². The van der Waals surface area contributed by atoms with Crippen molar-refractivity contribution in [2.24, 2.45) is 11.8 Å². The summed E-state index contributed by atoms with van der Waals surface area (Å²) in [7, 11) is 1.63. The predicted molar refractivity (Wildman–Crippen MR) is 85.6 cm³/mol. The number of allylic oxidation sites excluding steroid dienone is 3. The van der Waals surface area contributed by atoms with E-state index < -0.39 is 0 Å². The van der Waals surface area contributed by atoms with Crippen LogP contribution >= 0.6 is 0 Å². The Balaban J connectivity index is 1.93. The molecular formula is C19H20O3. The molecule has 0 radical (unpaired) electrons. The average Bonchev–Trinajstić information content (AvgIpc) is 2.81. The predicted octanol–water partition coefficient (Wildman–Crippen LogP) is 3.59. The number of Topliss-reactive ketones (excluding diaryl/α,β-unsaturated/α-hetero) is 2. The number of hydrogen-bond donors (Lipinski definition) is 0. The molecule has 0 heterocycles. The minimum Gasteiger partial charge on any atom is -0.497 e. The molecule has 0 N–H and O–H groups in total. The molecule has 3 nitrogen and oxygen atoms in total. The summed E-state index contributed by atoms with van der Waals surface area (Å²) in [6.07, 6.45) is 5.70. The van der Waals surface area contributed by atoms with Crippen LogP contribution in [0.25, 0.3) is 6.08 Å². The molecule has 0 saturated heterocycles. The summed E-state index contributed by atoms with van der Waals surface area (Å²) >= 11 is 0. The molecule has 114 valence electrons. The van der Waals surface area contributed by atoms with E-state index >= 15 is 0 Å². The van der Waals surface area contributed by atoms with Crippen LogP contribution in [0.5, 0.6) is 5.75 Å². The van der Waals surface area contributed by atoms with Gasteiger partial charge in [-0.25, -0.2) is 0 Å². The highest BCUT2D eigenvalue weighted by molar-refractivity contribution is 6.04. The van der Waals surface area contributed by atoms with Gasteiger partial charge < -0.3 is 4.74 Å². The summed E-state index contributed by atoms with van der Waals surface area (Å²) in [6.45, 7) is 1.96. The van der Waals surface area contributed by atoms with E-state index in [4.69, 9.17) is 4.74 Å². The van der Waals surface area contributed by atoms with Gasteiger partial charge in [0.1, 0.15) is 11.5 Å². The Hall–Kier alpha value is -2.16. The minimum atomic E-state index is -0.0299. The van der Waals surface area contributed by atoms with Crippen LogP contribution in [-0.4, -0.2) is 18.7 Å². The van der Waals surface area contributed by atoms with Crippen molar-refractivity contribution >= 4 is 17.6 Å². The van der Waals surface area contributed by atoms with Gasteiger partial charge in [-0.3, -0.25) is 9.59 Å². The normalized spacial score (nSPS) is 25.0. The Morgan fingerprint density at radius 1 is 1.23 bits per heavy atom. The van der Waals surface area contributed by atoms with Crippen LogP contribution in [0.3, 0.4) is 0 Å². The fourth-order valence-corrected chi connectivity index (χ4v) is 3.42. The smallest absolute Gasteiger partial charge is 0.162 e. The van der Waals surface area contributed by atoms with Gasteiger partial charge in [-0.2, -0.15) is 0 Å². The van der Waals surface area contributed by atoms with Crippen LogP contribution < -0.4 is 4.74 Å². The van der Waals surface area contributed by atoms with E-state index in [2.05, 4.69) is 0 Å². The van der Waals surface area contributed by atoms with Crippen LogP contribution in [0.2, 0.25) is 0 Å². The third-order valence-electron chi connectivity index (χ3n) is 4.62. The molecule has 2 aliphatic rings. The molecule has 1 fully saturated rings. The van der Waals surface area contributed by atoms with E-state index in [0.29, 0.717) is 18.6 Å². The second-order valence-corrected chi connectivity index (χ2v) is 6.07. The minimum absolute atomic E-state index is 0.0299. The molecule has 0 amide bonds. The number of carbonyl (C=O) groups excluding carboxylic acids is 2. The molecule has 0 aliphatic heterocycles. The van der Waals surface area contributed by atoms with Gasteiger partial charge in [0, 0.05) is 23.8 Å². The zero-order valence-electron chi connectivity index (χ0n) is 13.0. The van der Waals surface area contributed by atoms with Gasteiger partial charge in [0.25, 0.3) is 0 Å². The summed E-state index contributed by atoms with van der Waals surface area (Å²) < 4.78 is 5.21. The maximum atomic E-state index is 12.2. The van der Waals surface area contributed by atoms with Crippen molar-refractivity contribution in [3.05, 3.63) is 47.1 Å². The highest BCUT2D eigenvalue weighted by atomic mass is 16.5. The first-order chi connectivity index (χ1) is 10.6. The Labute approximate surface area is 130 Å². The summed E-state index contributed by atoms with van der Waals surface area (Å²) in [4.78, 5) is 24.4. The Morgan fingerprint density at radius 3 is 2.82 bits per heavy atom. The van der Waals surface area contributed by atoms with Gasteiger partial charge in [0.05, 0.1) is 7.11 Å². The maximum Gasteiger partial charge on any atom is 0.162 e. The highest BCUT2D eigenvalue weighted by Crippen LogP contribution is 2.41. The molecular weight excluding hydrogens is 276 g/mol. The zero-order chi connectivity index (χ0) is 15.7. The third-order valence-corrected chi connectivity index (χ3v) is 4.62. The molecule has 0 bridgehead atoms. The van der Waals surface area contributed by atoms with E-state index in [1.54, 1.807) is 7.11 Å². The lowest BCUT2D eigenvalue weighted by Crippen LogP contribution is -2.20. The molecule has 1 aromatic rings. The van der Waals surface area contributed by atoms with Gasteiger partial charge in [-0.1, -0.05) is 31.2 Å². The number of methoxy groups -OCH3 is 1. The molecule has 1 saturated carbocycles. The van der Waals surface area contributed by atoms with E-state index in [1.165, 1.54) is 0 Å². The molecule has 0 aromatic heterocycles. The van der Waals surface area contributed by atoms with E-state index in [0.717, 1.165) is 28.9 Å². The number of carbonyl (C=O) groups is 2. The van der Waals surface area contributed by atoms with Crippen LogP contribution in [0.1, 0.15) is 31.7 Å². The number of rotatable bonds is 3. The second kappa shape index (κ2) is 5.91. The first kappa shape index (κ1) is 14.8. The average molecular weight is 296 g/mol. The number of hydrogen-bond acceptors (Lipinski definition) is 3. The van der Waals surface area contributed by atoms with Gasteiger partial charge in [0.2, 0.25) is 0 Å². The lowest BCUT2D eigenvalue weighted by Gasteiger charge is -2.19. The molecule has 1 aromatic carbocycles. The van der Waals surface area contributed by atoms with Crippen molar-refractivity contribution < 1.29 is 14.3 Å². The van der Waals surface area contributed by atoms with Crippen molar-refractivity contribution in [2.75, 3.05) is 7.11 Å². The van der Waals surface area contributed by atoms with Crippen LogP contribution in [0.15, 0.2) is 41.5 Å². The van der Waals surface area contributed by atoms with Crippen LogP contribution in [-0.2, 0) is 9.59 Å². The fraction of sp³-hybridized carbons (Fsp3) is 0.368. The monoisotopic (exact) mass is 296 g/mol. The van der Waals surface area contributed by atoms with E-state index in [1.807, 2.05) is 43.3 Å². The quantitative estimate of drug-likeness (QED) is 0.856. The standard InChI is InChI=1S/C19H20O3/c1-12-10-17-15(18(20)9-8-16(17)19(12)21)7-6-13-4-3-5-14(11-13)22-2/h3-7,11-12,16H,8-10H2,1-2H3. The first-order valence-electron chi connectivity index (χ1n) is 7.72. The van der Waals surface area contributed by atoms with Crippen molar-refractivity contribution in [3.8, 4) is 5.75 Å². The Kier molecular flexibility index (Phi) is 3.97. The van der Waals surface area contributed by atoms with Crippen molar-refractivity contribution in [1.29, 1.82) is 0 Å². The molecule has 22 heavy (non-hydrogen) atoms. The first-order valence-corrected chi connectivity index (χ1v) is 7.72. The van der Waals surface area contributed by atoms with Crippen molar-refractivity contribution in [2.45, 2.75) is 26.2 Å². The summed E-state index contributed by atoms with van der Waals surface area (Å²) in [6, 6.07) is 7.70. The number of benzene rings is 1. The van der Waals surface area contributed by atoms with E-state index in [9.17, 15) is 9.59 Å². The SMILES string of the molecule is COc1cccc(C=CC2=C3CC(C)C(=O)C3CCC2=O)c1. The molecule has 0 spiro atoms. The molecule has 2 unspecified atom stereocenters. The molecule has 2 atom stereocenters. The van der Waals surface area contributed by atoms with Crippen LogP contribution in [0, 0.1) is 11.8 Å². The summed E-state index contributed by atoms with van der Waals surface area (Å²) in [5.41, 5.74) is 2.78. The Morgan fingerprint density at radius 2 is 2.05 bits per heavy atom. The topological polar surface area (TPSA) is 43.4 Å². The number of fused-ring (bicyclic) bond motifs is 1. The summed E-state index contributed by atoms with van der Waals surface area (Å²) in [5.74, 6) is 1.27. The zero-order valence-corrected chi connectivity index (χ0v) is 13.0. The molecule has 3 heteroatoms. The third kappa shape index (κ3) is 2.63. The fourth-order valence-electron chi connectivity index (χ4n) is 3.42. The largest absolute Gasteiger partial charge is 0.497 e. The van der Waals surface area contributed by atoms with Crippen molar-refractivity contribution in [1.82, 2.24) is 0 Å². The molecule has 3 rings (SSSR count).